The van der Waals surface area contributed by atoms with Crippen LogP contribution in [0.3, 0.4) is 0 Å². The third-order valence-corrected chi connectivity index (χ3v) is 3.70. The lowest BCUT2D eigenvalue weighted by Gasteiger charge is -2.21. The summed E-state index contributed by atoms with van der Waals surface area (Å²) in [6.07, 6.45) is 4.47. The number of furan rings is 1. The molecule has 0 bridgehead atoms. The summed E-state index contributed by atoms with van der Waals surface area (Å²) in [6, 6.07) is 3.96. The summed E-state index contributed by atoms with van der Waals surface area (Å²) in [5.41, 5.74) is 0. The van der Waals surface area contributed by atoms with Gasteiger partial charge in [0, 0.05) is 0 Å². The van der Waals surface area contributed by atoms with E-state index in [1.807, 2.05) is 12.1 Å². The van der Waals surface area contributed by atoms with Gasteiger partial charge in [0.1, 0.15) is 5.76 Å². The first-order valence-electron chi connectivity index (χ1n) is 5.26. The molecular formula is C11H17NOS. The van der Waals surface area contributed by atoms with Crippen LogP contribution in [0.4, 0.5) is 0 Å². The topological polar surface area (TPSA) is 25.2 Å². The lowest BCUT2D eigenvalue weighted by molar-refractivity contribution is 0.421. The lowest BCUT2D eigenvalue weighted by Crippen LogP contribution is -2.25. The van der Waals surface area contributed by atoms with Gasteiger partial charge in [-0.3, -0.25) is 0 Å². The molecular weight excluding hydrogens is 194 g/mol. The highest BCUT2D eigenvalue weighted by molar-refractivity contribution is 7.99. The zero-order valence-electron chi connectivity index (χ0n) is 8.37. The van der Waals surface area contributed by atoms with E-state index in [0.29, 0.717) is 0 Å². The molecule has 0 amide bonds. The molecule has 1 N–H and O–H groups in total. The van der Waals surface area contributed by atoms with E-state index in [-0.39, 0.29) is 0 Å². The smallest absolute Gasteiger partial charge is 0.117 e. The maximum absolute atomic E-state index is 5.26. The Kier molecular flexibility index (Phi) is 3.95. The number of nitrogens with one attached hydrogen (secondary N) is 1. The van der Waals surface area contributed by atoms with Crippen LogP contribution < -0.4 is 5.32 Å². The van der Waals surface area contributed by atoms with Crippen molar-refractivity contribution in [1.82, 2.24) is 5.32 Å². The predicted molar refractivity (Wildman–Crippen MR) is 60.5 cm³/mol. The summed E-state index contributed by atoms with van der Waals surface area (Å²) < 4.78 is 5.26. The Morgan fingerprint density at radius 2 is 2.29 bits per heavy atom. The van der Waals surface area contributed by atoms with Crippen LogP contribution in [0.1, 0.15) is 18.6 Å². The first-order chi connectivity index (χ1) is 6.95. The summed E-state index contributed by atoms with van der Waals surface area (Å²) in [5.74, 6) is 4.60. The third-order valence-electron chi connectivity index (χ3n) is 2.65. The Morgan fingerprint density at radius 1 is 1.43 bits per heavy atom. The predicted octanol–water partition coefficient (Wildman–Crippen LogP) is 2.51. The van der Waals surface area contributed by atoms with Gasteiger partial charge in [-0.1, -0.05) is 0 Å². The molecule has 1 aliphatic rings. The maximum atomic E-state index is 5.26. The Hall–Kier alpha value is -0.410. The largest absolute Gasteiger partial charge is 0.468 e. The van der Waals surface area contributed by atoms with Gasteiger partial charge in [0.2, 0.25) is 0 Å². The van der Waals surface area contributed by atoms with Crippen molar-refractivity contribution in [2.75, 3.05) is 18.1 Å². The van der Waals surface area contributed by atoms with E-state index < -0.39 is 0 Å². The molecule has 1 saturated heterocycles. The summed E-state index contributed by atoms with van der Waals surface area (Å²) in [4.78, 5) is 0. The van der Waals surface area contributed by atoms with Crippen LogP contribution in [0.2, 0.25) is 0 Å². The lowest BCUT2D eigenvalue weighted by atomic mass is 10.0. The maximum Gasteiger partial charge on any atom is 0.117 e. The first kappa shape index (κ1) is 10.1. The van der Waals surface area contributed by atoms with Crippen molar-refractivity contribution in [2.24, 2.45) is 5.92 Å². The molecule has 1 aliphatic heterocycles. The van der Waals surface area contributed by atoms with Crippen molar-refractivity contribution in [1.29, 1.82) is 0 Å². The molecule has 1 fully saturated rings. The average molecular weight is 211 g/mol. The summed E-state index contributed by atoms with van der Waals surface area (Å²) >= 11 is 2.08. The van der Waals surface area contributed by atoms with Crippen molar-refractivity contribution in [3.63, 3.8) is 0 Å². The molecule has 1 aromatic heterocycles. The Morgan fingerprint density at radius 3 is 3.00 bits per heavy atom. The standard InChI is InChI=1S/C11H17NOS/c1-2-11(13-5-1)9-12-8-10-3-6-14-7-4-10/h1-2,5,10,12H,3-4,6-9H2. The summed E-state index contributed by atoms with van der Waals surface area (Å²) in [6.45, 7) is 2.01. The van der Waals surface area contributed by atoms with E-state index >= 15 is 0 Å². The molecule has 2 heterocycles. The van der Waals surface area contributed by atoms with Crippen molar-refractivity contribution in [3.05, 3.63) is 24.2 Å². The monoisotopic (exact) mass is 211 g/mol. The van der Waals surface area contributed by atoms with Gasteiger partial charge in [0.15, 0.2) is 0 Å². The molecule has 0 aliphatic carbocycles. The Balaban J connectivity index is 1.62. The molecule has 0 aromatic carbocycles. The van der Waals surface area contributed by atoms with E-state index in [9.17, 15) is 0 Å². The minimum atomic E-state index is 0.872. The number of hydrogen-bond donors (Lipinski definition) is 1. The van der Waals surface area contributed by atoms with Gasteiger partial charge in [0.25, 0.3) is 0 Å². The van der Waals surface area contributed by atoms with Gasteiger partial charge in [0.05, 0.1) is 12.8 Å². The molecule has 0 radical (unpaired) electrons. The highest BCUT2D eigenvalue weighted by Crippen LogP contribution is 2.21. The molecule has 0 saturated carbocycles. The second kappa shape index (κ2) is 5.47. The van der Waals surface area contributed by atoms with E-state index in [1.54, 1.807) is 6.26 Å². The van der Waals surface area contributed by atoms with Crippen molar-refractivity contribution >= 4 is 11.8 Å². The molecule has 0 atom stereocenters. The van der Waals surface area contributed by atoms with E-state index in [0.717, 1.165) is 24.8 Å². The molecule has 2 nitrogen and oxygen atoms in total. The van der Waals surface area contributed by atoms with Gasteiger partial charge >= 0.3 is 0 Å². The number of rotatable bonds is 4. The van der Waals surface area contributed by atoms with E-state index in [4.69, 9.17) is 4.42 Å². The molecule has 0 spiro atoms. The van der Waals surface area contributed by atoms with Crippen molar-refractivity contribution < 1.29 is 4.42 Å². The Labute approximate surface area is 89.4 Å². The van der Waals surface area contributed by atoms with Crippen LogP contribution in [0.15, 0.2) is 22.8 Å². The Bertz CT molecular complexity index is 242. The first-order valence-corrected chi connectivity index (χ1v) is 6.41. The third kappa shape index (κ3) is 3.07. The van der Waals surface area contributed by atoms with Gasteiger partial charge in [-0.25, -0.2) is 0 Å². The van der Waals surface area contributed by atoms with Crippen LogP contribution in [0, 0.1) is 5.92 Å². The van der Waals surface area contributed by atoms with Gasteiger partial charge in [-0.05, 0) is 48.9 Å². The minimum Gasteiger partial charge on any atom is -0.468 e. The van der Waals surface area contributed by atoms with Gasteiger partial charge in [-0.2, -0.15) is 11.8 Å². The van der Waals surface area contributed by atoms with Crippen LogP contribution in [0.5, 0.6) is 0 Å². The van der Waals surface area contributed by atoms with Gasteiger partial charge < -0.3 is 9.73 Å². The van der Waals surface area contributed by atoms with Crippen LogP contribution in [-0.4, -0.2) is 18.1 Å². The zero-order valence-corrected chi connectivity index (χ0v) is 9.19. The molecule has 78 valence electrons. The highest BCUT2D eigenvalue weighted by atomic mass is 32.2. The minimum absolute atomic E-state index is 0.872. The molecule has 1 aromatic rings. The number of thioether (sulfide) groups is 1. The average Bonchev–Trinajstić information content (AvgIpc) is 2.72. The fourth-order valence-electron chi connectivity index (χ4n) is 1.76. The van der Waals surface area contributed by atoms with E-state index in [2.05, 4.69) is 17.1 Å². The van der Waals surface area contributed by atoms with Crippen molar-refractivity contribution in [2.45, 2.75) is 19.4 Å². The quantitative estimate of drug-likeness (QED) is 0.828. The second-order valence-electron chi connectivity index (χ2n) is 3.77. The molecule has 2 rings (SSSR count). The number of hydrogen-bond acceptors (Lipinski definition) is 3. The molecule has 14 heavy (non-hydrogen) atoms. The summed E-state index contributed by atoms with van der Waals surface area (Å²) in [5, 5.41) is 3.45. The summed E-state index contributed by atoms with van der Waals surface area (Å²) in [7, 11) is 0. The van der Waals surface area contributed by atoms with Crippen LogP contribution >= 0.6 is 11.8 Å². The van der Waals surface area contributed by atoms with Crippen LogP contribution in [0.25, 0.3) is 0 Å². The second-order valence-corrected chi connectivity index (χ2v) is 4.99. The molecule has 0 unspecified atom stereocenters. The van der Waals surface area contributed by atoms with Crippen molar-refractivity contribution in [3.8, 4) is 0 Å². The highest BCUT2D eigenvalue weighted by Gasteiger charge is 2.12. The fraction of sp³-hybridized carbons (Fsp3) is 0.636. The molecule has 3 heteroatoms. The SMILES string of the molecule is c1coc(CNCC2CCSCC2)c1. The fourth-order valence-corrected chi connectivity index (χ4v) is 2.97. The van der Waals surface area contributed by atoms with E-state index in [1.165, 1.54) is 24.3 Å². The zero-order chi connectivity index (χ0) is 9.64. The normalized spacial score (nSPS) is 18.6. The van der Waals surface area contributed by atoms with Gasteiger partial charge in [-0.15, -0.1) is 0 Å². The van der Waals surface area contributed by atoms with Crippen LogP contribution in [-0.2, 0) is 6.54 Å².